The molecule has 2 atom stereocenters. The summed E-state index contributed by atoms with van der Waals surface area (Å²) in [6.45, 7) is 5.44. The second-order valence-corrected chi connectivity index (χ2v) is 9.37. The molecule has 1 aliphatic carbocycles. The van der Waals surface area contributed by atoms with E-state index in [2.05, 4.69) is 27.1 Å². The molecule has 1 aromatic heterocycles. The Morgan fingerprint density at radius 1 is 1.09 bits per heavy atom. The van der Waals surface area contributed by atoms with E-state index in [-0.39, 0.29) is 29.0 Å². The van der Waals surface area contributed by atoms with Crippen LogP contribution in [0.5, 0.6) is 0 Å². The second kappa shape index (κ2) is 10.3. The minimum atomic E-state index is -1.17. The number of carbonyl (C=O) groups excluding carboxylic acids is 2. The summed E-state index contributed by atoms with van der Waals surface area (Å²) in [4.78, 5) is 37.3. The molecule has 0 saturated carbocycles. The first kappa shape index (κ1) is 24.4. The van der Waals surface area contributed by atoms with Gasteiger partial charge in [0.05, 0.1) is 5.69 Å². The predicted molar refractivity (Wildman–Crippen MR) is 134 cm³/mol. The van der Waals surface area contributed by atoms with Gasteiger partial charge in [0.25, 0.3) is 0 Å². The number of aromatic carboxylic acids is 1. The van der Waals surface area contributed by atoms with E-state index in [0.717, 1.165) is 33.8 Å². The normalized spacial score (nSPS) is 13.9. The Balaban J connectivity index is 1.45. The molecule has 4 rings (SSSR count). The molecule has 0 spiro atoms. The fourth-order valence-corrected chi connectivity index (χ4v) is 5.16. The van der Waals surface area contributed by atoms with Crippen molar-refractivity contribution in [1.29, 1.82) is 0 Å². The van der Waals surface area contributed by atoms with Crippen molar-refractivity contribution in [2.24, 2.45) is 5.92 Å². The van der Waals surface area contributed by atoms with Crippen molar-refractivity contribution in [3.8, 4) is 11.1 Å². The van der Waals surface area contributed by atoms with Crippen LogP contribution in [0.25, 0.3) is 11.1 Å². The lowest BCUT2D eigenvalue weighted by atomic mass is 9.98. The Morgan fingerprint density at radius 2 is 1.69 bits per heavy atom. The first-order chi connectivity index (χ1) is 16.8. The predicted octanol–water partition coefficient (Wildman–Crippen LogP) is 5.04. The van der Waals surface area contributed by atoms with E-state index in [4.69, 9.17) is 4.74 Å². The number of fused-ring (bicyclic) bond motifs is 3. The number of anilines is 1. The number of carboxylic acids is 1. The highest BCUT2D eigenvalue weighted by Gasteiger charge is 2.31. The van der Waals surface area contributed by atoms with Gasteiger partial charge in [0.2, 0.25) is 5.91 Å². The molecule has 0 aliphatic heterocycles. The molecule has 0 radical (unpaired) electrons. The Labute approximate surface area is 207 Å². The van der Waals surface area contributed by atoms with Gasteiger partial charge < -0.3 is 20.5 Å². The number of aryl methyl sites for hydroxylation is 1. The van der Waals surface area contributed by atoms with Gasteiger partial charge in [-0.1, -0.05) is 68.8 Å². The zero-order valence-electron chi connectivity index (χ0n) is 19.7. The molecule has 8 nitrogen and oxygen atoms in total. The number of carboxylic acid groups (broad SMARTS) is 1. The number of amides is 2. The second-order valence-electron chi connectivity index (χ2n) is 8.60. The maximum absolute atomic E-state index is 13.0. The van der Waals surface area contributed by atoms with Crippen LogP contribution in [0.4, 0.5) is 9.80 Å². The molecule has 0 fully saturated rings. The number of rotatable bonds is 8. The zero-order valence-corrected chi connectivity index (χ0v) is 20.5. The number of nitrogens with one attached hydrogen (secondary N) is 2. The fraction of sp³-hybridized carbons (Fsp3) is 0.308. The van der Waals surface area contributed by atoms with Crippen LogP contribution in [0.15, 0.2) is 48.5 Å². The smallest absolute Gasteiger partial charge is 0.407 e. The summed E-state index contributed by atoms with van der Waals surface area (Å²) < 4.78 is 9.62. The lowest BCUT2D eigenvalue weighted by molar-refractivity contribution is -0.119. The summed E-state index contributed by atoms with van der Waals surface area (Å²) in [5.41, 5.74) is 4.72. The van der Waals surface area contributed by atoms with Gasteiger partial charge in [-0.25, -0.2) is 9.59 Å². The summed E-state index contributed by atoms with van der Waals surface area (Å²) in [7, 11) is 0. The Hall–Kier alpha value is -3.72. The van der Waals surface area contributed by atoms with Crippen LogP contribution < -0.4 is 10.6 Å². The highest BCUT2D eigenvalue weighted by Crippen LogP contribution is 2.44. The lowest BCUT2D eigenvalue weighted by Crippen LogP contribution is -2.48. The number of nitrogens with zero attached hydrogens (tertiary/aromatic N) is 1. The molecule has 3 N–H and O–H groups in total. The summed E-state index contributed by atoms with van der Waals surface area (Å²) >= 11 is 0.896. The van der Waals surface area contributed by atoms with Crippen LogP contribution >= 0.6 is 11.5 Å². The van der Waals surface area contributed by atoms with Gasteiger partial charge in [-0.2, -0.15) is 4.37 Å². The number of benzene rings is 2. The third kappa shape index (κ3) is 4.90. The van der Waals surface area contributed by atoms with Gasteiger partial charge in [0.1, 0.15) is 23.2 Å². The third-order valence-corrected chi connectivity index (χ3v) is 7.28. The van der Waals surface area contributed by atoms with E-state index in [1.165, 1.54) is 0 Å². The number of ether oxygens (including phenoxy) is 1. The van der Waals surface area contributed by atoms with Crippen molar-refractivity contribution in [3.63, 3.8) is 0 Å². The average molecular weight is 494 g/mol. The van der Waals surface area contributed by atoms with E-state index in [0.29, 0.717) is 12.1 Å². The van der Waals surface area contributed by atoms with Crippen molar-refractivity contribution in [3.05, 3.63) is 70.9 Å². The number of carbonyl (C=O) groups is 3. The summed E-state index contributed by atoms with van der Waals surface area (Å²) in [6.07, 6.45) is -0.0823. The Morgan fingerprint density at radius 3 is 2.26 bits per heavy atom. The molecule has 9 heteroatoms. The van der Waals surface area contributed by atoms with Crippen LogP contribution in [0.3, 0.4) is 0 Å². The molecule has 35 heavy (non-hydrogen) atoms. The minimum Gasteiger partial charge on any atom is -0.478 e. The highest BCUT2D eigenvalue weighted by atomic mass is 32.1. The number of aromatic nitrogens is 1. The molecule has 0 saturated heterocycles. The fourth-order valence-electron chi connectivity index (χ4n) is 4.37. The lowest BCUT2D eigenvalue weighted by Gasteiger charge is -2.23. The standard InChI is InChI=1S/C26H27N3O5S/c1-4-14(2)22(23(30)28-24-21(25(31)32)15(3)29-35-24)27-26(33)34-13-20-18-11-7-5-9-16(18)17-10-6-8-12-19(17)20/h5-12,14,20,22H,4,13H2,1-3H3,(H,27,33)(H,28,30)(H,31,32)/t14-,22-/m0/s1. The summed E-state index contributed by atoms with van der Waals surface area (Å²) in [5.74, 6) is -1.99. The van der Waals surface area contributed by atoms with Crippen LogP contribution in [-0.2, 0) is 9.53 Å². The average Bonchev–Trinajstić information content (AvgIpc) is 3.38. The molecule has 3 aromatic rings. The number of alkyl carbamates (subject to hydrolysis) is 1. The van der Waals surface area contributed by atoms with E-state index < -0.39 is 24.0 Å². The van der Waals surface area contributed by atoms with Crippen LogP contribution in [-0.4, -0.2) is 40.1 Å². The quantitative estimate of drug-likeness (QED) is 0.405. The topological polar surface area (TPSA) is 118 Å². The minimum absolute atomic E-state index is 0.0487. The van der Waals surface area contributed by atoms with Crippen LogP contribution in [0, 0.1) is 12.8 Å². The number of hydrogen-bond donors (Lipinski definition) is 3. The van der Waals surface area contributed by atoms with Crippen molar-refractivity contribution in [2.75, 3.05) is 11.9 Å². The molecule has 2 amide bonds. The van der Waals surface area contributed by atoms with Gasteiger partial charge in [-0.15, -0.1) is 0 Å². The zero-order chi connectivity index (χ0) is 25.1. The molecule has 1 aliphatic rings. The van der Waals surface area contributed by atoms with Crippen molar-refractivity contribution >= 4 is 34.5 Å². The molecule has 1 heterocycles. The molecular formula is C26H27N3O5S. The monoisotopic (exact) mass is 493 g/mol. The SMILES string of the molecule is CC[C@H](C)[C@H](NC(=O)OCC1c2ccccc2-c2ccccc21)C(=O)Nc1snc(C)c1C(=O)O. The molecule has 0 bridgehead atoms. The van der Waals surface area contributed by atoms with Gasteiger partial charge in [0, 0.05) is 5.92 Å². The largest absolute Gasteiger partial charge is 0.478 e. The van der Waals surface area contributed by atoms with Gasteiger partial charge in [-0.3, -0.25) is 4.79 Å². The van der Waals surface area contributed by atoms with E-state index >= 15 is 0 Å². The molecule has 2 aromatic carbocycles. The maximum atomic E-state index is 13.0. The molecule has 182 valence electrons. The van der Waals surface area contributed by atoms with Crippen LogP contribution in [0.1, 0.15) is 53.4 Å². The van der Waals surface area contributed by atoms with Crippen molar-refractivity contribution in [2.45, 2.75) is 39.2 Å². The summed E-state index contributed by atoms with van der Waals surface area (Å²) in [5, 5.41) is 14.9. The highest BCUT2D eigenvalue weighted by molar-refractivity contribution is 7.11. The maximum Gasteiger partial charge on any atom is 0.407 e. The van der Waals surface area contributed by atoms with Crippen molar-refractivity contribution < 1.29 is 24.2 Å². The molecule has 0 unspecified atom stereocenters. The van der Waals surface area contributed by atoms with Gasteiger partial charge in [-0.05, 0) is 46.6 Å². The Bertz CT molecular complexity index is 1230. The van der Waals surface area contributed by atoms with E-state index in [1.54, 1.807) is 6.92 Å². The van der Waals surface area contributed by atoms with Gasteiger partial charge in [0.15, 0.2) is 0 Å². The van der Waals surface area contributed by atoms with Gasteiger partial charge >= 0.3 is 12.1 Å². The summed E-state index contributed by atoms with van der Waals surface area (Å²) in [6, 6.07) is 15.2. The van der Waals surface area contributed by atoms with E-state index in [1.807, 2.05) is 50.2 Å². The van der Waals surface area contributed by atoms with Crippen molar-refractivity contribution in [1.82, 2.24) is 9.69 Å². The molecular weight excluding hydrogens is 466 g/mol. The first-order valence-electron chi connectivity index (χ1n) is 11.4. The van der Waals surface area contributed by atoms with E-state index in [9.17, 15) is 19.5 Å². The van der Waals surface area contributed by atoms with Crippen LogP contribution in [0.2, 0.25) is 0 Å². The Kier molecular flexibility index (Phi) is 7.16. The first-order valence-corrected chi connectivity index (χ1v) is 12.2. The third-order valence-electron chi connectivity index (χ3n) is 6.43. The number of hydrogen-bond acceptors (Lipinski definition) is 6.